The second-order valence-corrected chi connectivity index (χ2v) is 8.70. The van der Waals surface area contributed by atoms with Crippen molar-refractivity contribution in [3.05, 3.63) is 52.4 Å². The van der Waals surface area contributed by atoms with Gasteiger partial charge in [-0.05, 0) is 49.8 Å². The third-order valence-electron chi connectivity index (χ3n) is 5.84. The maximum atomic E-state index is 13.1. The van der Waals surface area contributed by atoms with Crippen LogP contribution in [0, 0.1) is 0 Å². The summed E-state index contributed by atoms with van der Waals surface area (Å²) in [6.07, 6.45) is -0.580. The summed E-state index contributed by atoms with van der Waals surface area (Å²) in [6, 6.07) is 3.41. The van der Waals surface area contributed by atoms with Crippen LogP contribution in [0.25, 0.3) is 6.20 Å². The Morgan fingerprint density at radius 2 is 2.06 bits per heavy atom. The second-order valence-electron chi connectivity index (χ2n) is 8.31. The first-order valence-electron chi connectivity index (χ1n) is 9.71. The molecule has 0 aromatic carbocycles. The Kier molecular flexibility index (Phi) is 4.99. The lowest BCUT2D eigenvalue weighted by molar-refractivity contribution is -0.134. The first-order chi connectivity index (χ1) is 14.5. The van der Waals surface area contributed by atoms with E-state index in [9.17, 15) is 18.0 Å². The molecule has 0 N–H and O–H groups in total. The lowest BCUT2D eigenvalue weighted by Crippen LogP contribution is -2.41. The molecule has 2 aliphatic rings. The summed E-state index contributed by atoms with van der Waals surface area (Å²) in [5, 5.41) is 4.45. The van der Waals surface area contributed by atoms with Gasteiger partial charge in [-0.1, -0.05) is 18.2 Å². The van der Waals surface area contributed by atoms with E-state index in [1.54, 1.807) is 39.2 Å². The van der Waals surface area contributed by atoms with Crippen molar-refractivity contribution in [3.63, 3.8) is 0 Å². The molecule has 2 aromatic heterocycles. The Morgan fingerprint density at radius 1 is 1.35 bits per heavy atom. The second kappa shape index (κ2) is 7.19. The van der Waals surface area contributed by atoms with Crippen LogP contribution in [0.5, 0.6) is 0 Å². The van der Waals surface area contributed by atoms with Gasteiger partial charge in [-0.15, -0.1) is 0 Å². The van der Waals surface area contributed by atoms with E-state index in [4.69, 9.17) is 11.6 Å². The van der Waals surface area contributed by atoms with E-state index < -0.39 is 24.0 Å². The van der Waals surface area contributed by atoms with Gasteiger partial charge in [-0.2, -0.15) is 18.3 Å². The highest BCUT2D eigenvalue weighted by molar-refractivity contribution is 6.29. The summed E-state index contributed by atoms with van der Waals surface area (Å²) in [7, 11) is 1.64. The number of nitrogens with zero attached hydrogens (tertiary/aromatic N) is 5. The molecule has 164 valence electrons. The van der Waals surface area contributed by atoms with Gasteiger partial charge >= 0.3 is 6.18 Å². The van der Waals surface area contributed by atoms with E-state index >= 15 is 0 Å². The predicted octanol–water partition coefficient (Wildman–Crippen LogP) is 4.02. The van der Waals surface area contributed by atoms with Crippen LogP contribution in [0.15, 0.2) is 29.9 Å². The zero-order chi connectivity index (χ0) is 22.7. The van der Waals surface area contributed by atoms with Crippen LogP contribution in [0.2, 0.25) is 5.15 Å². The van der Waals surface area contributed by atoms with Gasteiger partial charge in [0.2, 0.25) is 5.91 Å². The lowest BCUT2D eigenvalue weighted by Gasteiger charge is -2.21. The fraction of sp³-hybridized carbons (Fsp3) is 0.429. The van der Waals surface area contributed by atoms with Crippen molar-refractivity contribution in [2.45, 2.75) is 43.7 Å². The van der Waals surface area contributed by atoms with Gasteiger partial charge in [-0.3, -0.25) is 14.8 Å². The highest BCUT2D eigenvalue weighted by Gasteiger charge is 2.50. The molecular formula is C21H21ClF3N5O. The highest BCUT2D eigenvalue weighted by Crippen LogP contribution is 2.55. The molecule has 1 aliphatic heterocycles. The van der Waals surface area contributed by atoms with Crippen LogP contribution >= 0.6 is 11.6 Å². The number of hydrogen-bond acceptors (Lipinski definition) is 4. The van der Waals surface area contributed by atoms with Crippen LogP contribution < -0.4 is 10.4 Å². The summed E-state index contributed by atoms with van der Waals surface area (Å²) in [4.78, 5) is 22.2. The number of halogens is 4. The summed E-state index contributed by atoms with van der Waals surface area (Å²) in [5.41, 5.74) is 1.77. The molecule has 2 aromatic rings. The van der Waals surface area contributed by atoms with Gasteiger partial charge in [0.25, 0.3) is 0 Å². The number of rotatable bonds is 4. The molecule has 6 nitrogen and oxygen atoms in total. The minimum atomic E-state index is -4.50. The van der Waals surface area contributed by atoms with E-state index in [0.29, 0.717) is 16.3 Å². The summed E-state index contributed by atoms with van der Waals surface area (Å²) >= 11 is 6.14. The van der Waals surface area contributed by atoms with Gasteiger partial charge in [0, 0.05) is 25.0 Å². The summed E-state index contributed by atoms with van der Waals surface area (Å²) in [6.45, 7) is 5.58. The number of anilines is 1. The first-order valence-corrected chi connectivity index (χ1v) is 10.1. The number of amides is 1. The molecule has 31 heavy (non-hydrogen) atoms. The molecule has 1 fully saturated rings. The maximum absolute atomic E-state index is 13.1. The molecule has 1 amide bonds. The van der Waals surface area contributed by atoms with E-state index in [-0.39, 0.29) is 17.5 Å². The van der Waals surface area contributed by atoms with Crippen molar-refractivity contribution in [1.82, 2.24) is 14.8 Å². The molecule has 1 aliphatic carbocycles. The van der Waals surface area contributed by atoms with E-state index in [1.807, 2.05) is 0 Å². The maximum Gasteiger partial charge on any atom is 0.406 e. The van der Waals surface area contributed by atoms with Gasteiger partial charge in [-0.25, -0.2) is 4.68 Å². The van der Waals surface area contributed by atoms with E-state index in [2.05, 4.69) is 21.7 Å². The molecule has 1 saturated carbocycles. The zero-order valence-corrected chi connectivity index (χ0v) is 18.0. The Morgan fingerprint density at radius 3 is 2.68 bits per heavy atom. The third kappa shape index (κ3) is 3.64. The van der Waals surface area contributed by atoms with Gasteiger partial charge < -0.3 is 4.90 Å². The van der Waals surface area contributed by atoms with Crippen LogP contribution in [0.3, 0.4) is 0 Å². The number of hydrogen-bond donors (Lipinski definition) is 0. The van der Waals surface area contributed by atoms with Gasteiger partial charge in [0.05, 0.1) is 16.8 Å². The standard InChI is InChI=1S/C21H21ClF3N5O/c1-5-30-18(26-4)14(8-16(22)28-30)13-7-12(13)11-6-15-17(27-9-11)20(2,3)19(31)29(15)10-21(23,24)25/h5-6,8-9,12-13H,1,7,10H2,2-4H3. The van der Waals surface area contributed by atoms with Crippen molar-refractivity contribution in [1.29, 1.82) is 0 Å². The Hall–Kier alpha value is -2.68. The van der Waals surface area contributed by atoms with Crippen LogP contribution in [0.4, 0.5) is 18.9 Å². The normalized spacial score (nSPS) is 22.6. The molecule has 3 heterocycles. The molecule has 0 spiro atoms. The van der Waals surface area contributed by atoms with Gasteiger partial charge in [0.15, 0.2) is 5.49 Å². The predicted molar refractivity (Wildman–Crippen MR) is 111 cm³/mol. The average molecular weight is 452 g/mol. The zero-order valence-electron chi connectivity index (χ0n) is 17.2. The lowest BCUT2D eigenvalue weighted by atomic mass is 9.90. The molecule has 2 atom stereocenters. The van der Waals surface area contributed by atoms with E-state index in [0.717, 1.165) is 22.4 Å². The first kappa shape index (κ1) is 21.5. The number of carbonyl (C=O) groups is 1. The molecule has 4 rings (SSSR count). The fourth-order valence-corrected chi connectivity index (χ4v) is 4.49. The SMILES string of the molecule is C=Cn1nc(Cl)cc(C2CC2c2cnc3c(c2)N(CC(F)(F)F)C(=O)C3(C)C)c1=NC. The van der Waals surface area contributed by atoms with Crippen LogP contribution in [-0.2, 0) is 10.2 Å². The summed E-state index contributed by atoms with van der Waals surface area (Å²) < 4.78 is 40.9. The van der Waals surface area contributed by atoms with Crippen molar-refractivity contribution in [2.75, 3.05) is 18.5 Å². The molecule has 10 heteroatoms. The minimum absolute atomic E-state index is 0.0292. The number of fused-ring (bicyclic) bond motifs is 1. The highest BCUT2D eigenvalue weighted by atomic mass is 35.5. The quantitative estimate of drug-likeness (QED) is 0.705. The molecule has 0 saturated heterocycles. The molecule has 0 radical (unpaired) electrons. The Bertz CT molecular complexity index is 1150. The van der Waals surface area contributed by atoms with Crippen molar-refractivity contribution < 1.29 is 18.0 Å². The Balaban J connectivity index is 1.72. The Labute approximate surface area is 182 Å². The van der Waals surface area contributed by atoms with Gasteiger partial charge in [0.1, 0.15) is 11.7 Å². The van der Waals surface area contributed by atoms with E-state index in [1.165, 1.54) is 10.9 Å². The number of pyridine rings is 1. The van der Waals surface area contributed by atoms with Crippen molar-refractivity contribution >= 4 is 29.4 Å². The smallest absolute Gasteiger partial charge is 0.301 e. The third-order valence-corrected chi connectivity index (χ3v) is 6.03. The topological polar surface area (TPSA) is 63.4 Å². The number of alkyl halides is 3. The summed E-state index contributed by atoms with van der Waals surface area (Å²) in [5.74, 6) is -0.509. The van der Waals surface area contributed by atoms with Crippen LogP contribution in [0.1, 0.15) is 48.9 Å². The fourth-order valence-electron chi connectivity index (χ4n) is 4.29. The molecular weight excluding hydrogens is 431 g/mol. The number of aromatic nitrogens is 3. The largest absolute Gasteiger partial charge is 0.406 e. The number of carbonyl (C=O) groups excluding carboxylic acids is 1. The van der Waals surface area contributed by atoms with Crippen molar-refractivity contribution in [2.24, 2.45) is 4.99 Å². The minimum Gasteiger partial charge on any atom is -0.301 e. The molecule has 2 unspecified atom stereocenters. The molecule has 0 bridgehead atoms. The van der Waals surface area contributed by atoms with Crippen LogP contribution in [-0.4, -0.2) is 40.4 Å². The van der Waals surface area contributed by atoms with Crippen molar-refractivity contribution in [3.8, 4) is 0 Å². The monoisotopic (exact) mass is 451 g/mol. The average Bonchev–Trinajstić information content (AvgIpc) is 3.47.